The lowest BCUT2D eigenvalue weighted by molar-refractivity contribution is -0.682. The van der Waals surface area contributed by atoms with Crippen LogP contribution in [0.2, 0.25) is 0 Å². The zero-order chi connectivity index (χ0) is 19.1. The molecule has 0 atom stereocenters. The molecule has 1 amide bonds. The van der Waals surface area contributed by atoms with Crippen LogP contribution in [-0.2, 0) is 19.9 Å². The first-order valence-electron chi connectivity index (χ1n) is 9.08. The number of ether oxygens (including phenoxy) is 1. The summed E-state index contributed by atoms with van der Waals surface area (Å²) in [5, 5.41) is 15.4. The number of nitrogens with one attached hydrogen (secondary N) is 2. The molecular weight excluding hydrogens is 348 g/mol. The molecule has 0 aliphatic heterocycles. The van der Waals surface area contributed by atoms with Crippen molar-refractivity contribution in [1.29, 1.82) is 0 Å². The first kappa shape index (κ1) is 17.3. The van der Waals surface area contributed by atoms with Gasteiger partial charge in [-0.05, 0) is 39.5 Å². The molecule has 0 fully saturated rings. The first-order valence-corrected chi connectivity index (χ1v) is 9.08. The van der Waals surface area contributed by atoms with E-state index in [1.807, 2.05) is 13.8 Å². The van der Waals surface area contributed by atoms with Gasteiger partial charge in [0.15, 0.2) is 22.6 Å². The van der Waals surface area contributed by atoms with Crippen molar-refractivity contribution in [2.75, 3.05) is 0 Å². The normalized spacial score (nSPS) is 13.8. The van der Waals surface area contributed by atoms with E-state index in [1.165, 1.54) is 0 Å². The number of rotatable bonds is 3. The van der Waals surface area contributed by atoms with E-state index in [9.17, 15) is 10.0 Å². The van der Waals surface area contributed by atoms with E-state index in [4.69, 9.17) is 4.74 Å². The Morgan fingerprint density at radius 3 is 2.96 bits per heavy atom. The lowest BCUT2D eigenvalue weighted by Gasteiger charge is -2.09. The number of hydrogen-bond acceptors (Lipinski definition) is 5. The molecular formula is C18H22N6O3. The lowest BCUT2D eigenvalue weighted by atomic mass is 9.95. The predicted molar refractivity (Wildman–Crippen MR) is 98.2 cm³/mol. The number of carbonyl (C=O) groups excluding carboxylic acids is 1. The second-order valence-electron chi connectivity index (χ2n) is 7.07. The van der Waals surface area contributed by atoms with Crippen molar-refractivity contribution >= 4 is 17.3 Å². The van der Waals surface area contributed by atoms with Gasteiger partial charge in [0.2, 0.25) is 0 Å². The highest BCUT2D eigenvalue weighted by molar-refractivity contribution is 5.84. The third-order valence-electron chi connectivity index (χ3n) is 4.78. The van der Waals surface area contributed by atoms with Crippen LogP contribution in [0.3, 0.4) is 0 Å². The highest BCUT2D eigenvalue weighted by Crippen LogP contribution is 2.30. The molecule has 0 bridgehead atoms. The van der Waals surface area contributed by atoms with Crippen molar-refractivity contribution in [3.63, 3.8) is 0 Å². The fourth-order valence-electron chi connectivity index (χ4n) is 3.55. The van der Waals surface area contributed by atoms with Crippen molar-refractivity contribution in [1.82, 2.24) is 25.0 Å². The second-order valence-corrected chi connectivity index (χ2v) is 7.07. The maximum atomic E-state index is 12.7. The Balaban J connectivity index is 1.76. The van der Waals surface area contributed by atoms with Crippen molar-refractivity contribution < 1.29 is 14.4 Å². The van der Waals surface area contributed by atoms with Gasteiger partial charge < -0.3 is 20.2 Å². The summed E-state index contributed by atoms with van der Waals surface area (Å²) in [7, 11) is 1.77. The Morgan fingerprint density at radius 1 is 1.41 bits per heavy atom. The number of nitrogens with zero attached hydrogens (tertiary/aromatic N) is 4. The molecule has 0 saturated heterocycles. The number of amides is 1. The summed E-state index contributed by atoms with van der Waals surface area (Å²) < 4.78 is 6.98. The highest BCUT2D eigenvalue weighted by atomic mass is 16.6. The number of hydrogen-bond donors (Lipinski definition) is 2. The molecule has 0 spiro atoms. The molecule has 1 aliphatic carbocycles. The van der Waals surface area contributed by atoms with E-state index in [1.54, 1.807) is 24.1 Å². The lowest BCUT2D eigenvalue weighted by Crippen LogP contribution is -2.38. The maximum absolute atomic E-state index is 12.7. The number of H-pyrrole nitrogens is 1. The average molecular weight is 370 g/mol. The predicted octanol–water partition coefficient (Wildman–Crippen LogP) is 1.97. The van der Waals surface area contributed by atoms with Crippen molar-refractivity contribution in [3.8, 4) is 17.1 Å². The van der Waals surface area contributed by atoms with Crippen LogP contribution in [0.4, 0.5) is 4.79 Å². The molecule has 0 radical (unpaired) electrons. The van der Waals surface area contributed by atoms with Crippen LogP contribution < -0.4 is 14.9 Å². The van der Waals surface area contributed by atoms with Gasteiger partial charge in [0, 0.05) is 12.2 Å². The van der Waals surface area contributed by atoms with Crippen molar-refractivity contribution in [3.05, 3.63) is 28.9 Å². The Kier molecular flexibility index (Phi) is 4.21. The molecule has 9 heteroatoms. The molecule has 3 heterocycles. The molecule has 9 nitrogen and oxygen atoms in total. The van der Waals surface area contributed by atoms with E-state index in [0.29, 0.717) is 22.6 Å². The van der Waals surface area contributed by atoms with Gasteiger partial charge in [-0.25, -0.2) is 14.8 Å². The van der Waals surface area contributed by atoms with Gasteiger partial charge in [0.1, 0.15) is 0 Å². The van der Waals surface area contributed by atoms with Crippen LogP contribution in [-0.4, -0.2) is 31.8 Å². The Labute approximate surface area is 155 Å². The third-order valence-corrected chi connectivity index (χ3v) is 4.78. The number of aromatic nitrogens is 5. The Bertz CT molecular complexity index is 1020. The smallest absolute Gasteiger partial charge is 0.412 e. The highest BCUT2D eigenvalue weighted by Gasteiger charge is 2.30. The van der Waals surface area contributed by atoms with Gasteiger partial charge in [0.05, 0.1) is 24.5 Å². The molecule has 3 aromatic rings. The molecule has 4 rings (SSSR count). The van der Waals surface area contributed by atoms with Crippen molar-refractivity contribution in [2.24, 2.45) is 7.05 Å². The van der Waals surface area contributed by atoms with Crippen LogP contribution in [0, 0.1) is 5.21 Å². The summed E-state index contributed by atoms with van der Waals surface area (Å²) in [6, 6.07) is -0.0420. The number of fused-ring (bicyclic) bond motifs is 2. The molecule has 0 saturated carbocycles. The number of aromatic amines is 1. The van der Waals surface area contributed by atoms with Gasteiger partial charge in [-0.3, -0.25) is 0 Å². The van der Waals surface area contributed by atoms with Gasteiger partial charge in [-0.2, -0.15) is 0 Å². The minimum Gasteiger partial charge on any atom is -0.595 e. The molecule has 27 heavy (non-hydrogen) atoms. The van der Waals surface area contributed by atoms with Gasteiger partial charge in [-0.1, -0.05) is 4.85 Å². The largest absolute Gasteiger partial charge is 0.595 e. The summed E-state index contributed by atoms with van der Waals surface area (Å²) in [5.74, 6) is 0.278. The van der Waals surface area contributed by atoms with Gasteiger partial charge >= 0.3 is 6.09 Å². The SMILES string of the molecule is CC(C)NC(=O)Oc1c[nH]c2ncc(-c3c4c(n(C)[n+]3[O-])CCCC4)nc12. The van der Waals surface area contributed by atoms with Gasteiger partial charge in [-0.15, -0.1) is 4.68 Å². The summed E-state index contributed by atoms with van der Waals surface area (Å²) >= 11 is 0. The zero-order valence-corrected chi connectivity index (χ0v) is 15.6. The maximum Gasteiger partial charge on any atom is 0.412 e. The molecule has 0 unspecified atom stereocenters. The standard InChI is InChI=1S/C18H22N6O3/c1-10(2)21-18(25)27-14-9-20-17-15(14)22-12(8-19-17)16-11-6-4-5-7-13(11)23(3)24(16)26/h8-10H,4-7H2,1-3H3,(H,19,20)(H,21,25). The summed E-state index contributed by atoms with van der Waals surface area (Å²) in [6.45, 7) is 3.69. The van der Waals surface area contributed by atoms with Gasteiger partial charge in [0.25, 0.3) is 5.69 Å². The van der Waals surface area contributed by atoms with E-state index >= 15 is 0 Å². The molecule has 2 N–H and O–H groups in total. The number of carbonyl (C=O) groups is 1. The van der Waals surface area contributed by atoms with Crippen molar-refractivity contribution in [2.45, 2.75) is 45.6 Å². The minimum absolute atomic E-state index is 0.0420. The van der Waals surface area contributed by atoms with E-state index in [2.05, 4.69) is 20.3 Å². The van der Waals surface area contributed by atoms with E-state index in [0.717, 1.165) is 41.8 Å². The fraction of sp³-hybridized carbons (Fsp3) is 0.444. The van der Waals surface area contributed by atoms with Crippen LogP contribution in [0.5, 0.6) is 5.75 Å². The monoisotopic (exact) mass is 370 g/mol. The Hall–Kier alpha value is -3.10. The van der Waals surface area contributed by atoms with Crippen LogP contribution >= 0.6 is 0 Å². The zero-order valence-electron chi connectivity index (χ0n) is 15.6. The molecule has 3 aromatic heterocycles. The van der Waals surface area contributed by atoms with Crippen LogP contribution in [0.15, 0.2) is 12.4 Å². The van der Waals surface area contributed by atoms with Crippen LogP contribution in [0.1, 0.15) is 37.9 Å². The summed E-state index contributed by atoms with van der Waals surface area (Å²) in [4.78, 5) is 24.7. The van der Waals surface area contributed by atoms with E-state index < -0.39 is 6.09 Å². The fourth-order valence-corrected chi connectivity index (χ4v) is 3.55. The topological polar surface area (TPSA) is 112 Å². The van der Waals surface area contributed by atoms with E-state index in [-0.39, 0.29) is 11.8 Å². The molecule has 142 valence electrons. The molecule has 1 aliphatic rings. The quantitative estimate of drug-likeness (QED) is 0.541. The minimum atomic E-state index is -0.561. The van der Waals surface area contributed by atoms with Crippen LogP contribution in [0.25, 0.3) is 22.6 Å². The second kappa shape index (κ2) is 6.57. The Morgan fingerprint density at radius 2 is 2.19 bits per heavy atom. The molecule has 0 aromatic carbocycles. The summed E-state index contributed by atoms with van der Waals surface area (Å²) in [5.41, 5.74) is 4.00. The first-order chi connectivity index (χ1) is 13.0. The third kappa shape index (κ3) is 2.98. The average Bonchev–Trinajstić information content (AvgIpc) is 3.14. The summed E-state index contributed by atoms with van der Waals surface area (Å²) in [6.07, 6.45) is 6.42.